The highest BCUT2D eigenvalue weighted by atomic mass is 32.1. The molecule has 1 aliphatic rings. The predicted molar refractivity (Wildman–Crippen MR) is 147 cm³/mol. The van der Waals surface area contributed by atoms with E-state index in [2.05, 4.69) is 15.3 Å². The Morgan fingerprint density at radius 2 is 1.92 bits per heavy atom. The van der Waals surface area contributed by atoms with Crippen molar-refractivity contribution in [3.63, 3.8) is 0 Å². The average molecular weight is 531 g/mol. The minimum atomic E-state index is -1.27. The number of carboxylic acids is 1. The number of fused-ring (bicyclic) bond motifs is 1. The van der Waals surface area contributed by atoms with Gasteiger partial charge in [-0.25, -0.2) is 19.7 Å². The van der Waals surface area contributed by atoms with Crippen LogP contribution in [0.25, 0.3) is 10.6 Å². The van der Waals surface area contributed by atoms with Crippen LogP contribution in [0.2, 0.25) is 0 Å². The number of aromatic nitrogens is 3. The van der Waals surface area contributed by atoms with E-state index in [-0.39, 0.29) is 11.2 Å². The van der Waals surface area contributed by atoms with Gasteiger partial charge in [0.2, 0.25) is 0 Å². The van der Waals surface area contributed by atoms with Gasteiger partial charge in [-0.1, -0.05) is 6.07 Å². The molecular weight excluding hydrogens is 500 g/mol. The van der Waals surface area contributed by atoms with Crippen molar-refractivity contribution < 1.29 is 19.7 Å². The van der Waals surface area contributed by atoms with Gasteiger partial charge in [-0.15, -0.1) is 11.3 Å². The van der Waals surface area contributed by atoms with Crippen molar-refractivity contribution in [2.45, 2.75) is 58.2 Å². The molecule has 3 N–H and O–H groups in total. The smallest absolute Gasteiger partial charge is 0.335 e. The fraction of sp³-hybridized carbons (Fsp3) is 0.310. The van der Waals surface area contributed by atoms with Crippen molar-refractivity contribution in [3.8, 4) is 16.3 Å². The van der Waals surface area contributed by atoms with Crippen LogP contribution in [0.1, 0.15) is 65.7 Å². The van der Waals surface area contributed by atoms with Gasteiger partial charge in [-0.2, -0.15) is 0 Å². The molecule has 0 spiro atoms. The number of hydrogen-bond donors (Lipinski definition) is 3. The number of ether oxygens (including phenoxy) is 1. The Balaban J connectivity index is 1.43. The molecule has 1 aromatic carbocycles. The van der Waals surface area contributed by atoms with Gasteiger partial charge in [0.05, 0.1) is 16.1 Å². The summed E-state index contributed by atoms with van der Waals surface area (Å²) in [6.45, 7) is 7.98. The van der Waals surface area contributed by atoms with E-state index >= 15 is 0 Å². The number of carbonyl (C=O) groups is 1. The molecule has 5 rings (SSSR count). The zero-order chi connectivity index (χ0) is 27.1. The van der Waals surface area contributed by atoms with Crippen LogP contribution in [0.5, 0.6) is 5.75 Å². The third-order valence-corrected chi connectivity index (χ3v) is 7.45. The van der Waals surface area contributed by atoms with E-state index in [9.17, 15) is 15.0 Å². The first-order chi connectivity index (χ1) is 18.0. The molecule has 9 heteroatoms. The molecule has 0 bridgehead atoms. The standard InChI is InChI=1S/C29H30N4O4S/c1-17-12-22(32-25(13-17)33-24-15-20(9-11-30-24)37-28(2,3)4)23-16-31-27(38-23)29(36)10-5-6-18-14-19(26(34)35)7-8-21(18)29/h7-9,11-16,36H,5-6,10H2,1-4H3,(H,34,35)(H,30,32,33). The SMILES string of the molecule is Cc1cc(Nc2cc(OC(C)(C)C)ccn2)nc(-c2cnc(C3(O)CCCc4cc(C(=O)O)ccc43)s2)c1. The van der Waals surface area contributed by atoms with Crippen LogP contribution in [0.4, 0.5) is 11.6 Å². The normalized spacial score (nSPS) is 17.1. The molecule has 0 fully saturated rings. The third kappa shape index (κ3) is 5.39. The van der Waals surface area contributed by atoms with E-state index in [4.69, 9.17) is 9.72 Å². The quantitative estimate of drug-likeness (QED) is 0.274. The molecule has 1 atom stereocenters. The van der Waals surface area contributed by atoms with Crippen molar-refractivity contribution in [1.29, 1.82) is 0 Å². The summed E-state index contributed by atoms with van der Waals surface area (Å²) in [5.74, 6) is 0.997. The number of pyridine rings is 2. The molecule has 0 radical (unpaired) electrons. The second-order valence-corrected chi connectivity index (χ2v) is 11.6. The highest BCUT2D eigenvalue weighted by Gasteiger charge is 2.39. The molecule has 0 aliphatic heterocycles. The number of benzene rings is 1. The van der Waals surface area contributed by atoms with Crippen molar-refractivity contribution in [3.05, 3.63) is 82.1 Å². The number of nitrogens with one attached hydrogen (secondary N) is 1. The zero-order valence-electron chi connectivity index (χ0n) is 21.8. The van der Waals surface area contributed by atoms with E-state index in [1.807, 2.05) is 52.0 Å². The maximum atomic E-state index is 11.7. The number of anilines is 2. The first-order valence-corrected chi connectivity index (χ1v) is 13.3. The van der Waals surface area contributed by atoms with Crippen LogP contribution in [0.15, 0.2) is 54.9 Å². The largest absolute Gasteiger partial charge is 0.488 e. The second-order valence-electron chi connectivity index (χ2n) is 10.6. The lowest BCUT2D eigenvalue weighted by molar-refractivity contribution is 0.0607. The number of nitrogens with zero attached hydrogens (tertiary/aromatic N) is 3. The van der Waals surface area contributed by atoms with E-state index in [0.717, 1.165) is 40.1 Å². The molecule has 0 saturated heterocycles. The summed E-state index contributed by atoms with van der Waals surface area (Å²) in [7, 11) is 0. The zero-order valence-corrected chi connectivity index (χ0v) is 22.6. The molecule has 3 aromatic heterocycles. The molecule has 4 aromatic rings. The van der Waals surface area contributed by atoms with Crippen LogP contribution >= 0.6 is 11.3 Å². The van der Waals surface area contributed by atoms with Gasteiger partial charge in [0.25, 0.3) is 0 Å². The Bertz CT molecular complexity index is 1510. The number of aryl methyl sites for hydroxylation is 2. The molecule has 38 heavy (non-hydrogen) atoms. The lowest BCUT2D eigenvalue weighted by Gasteiger charge is -2.33. The van der Waals surface area contributed by atoms with Gasteiger partial charge < -0.3 is 20.3 Å². The fourth-order valence-electron chi connectivity index (χ4n) is 4.70. The first kappa shape index (κ1) is 25.8. The Kier molecular flexibility index (Phi) is 6.66. The Labute approximate surface area is 225 Å². The Morgan fingerprint density at radius 3 is 2.68 bits per heavy atom. The van der Waals surface area contributed by atoms with Gasteiger partial charge in [0.15, 0.2) is 0 Å². The number of hydrogen-bond acceptors (Lipinski definition) is 8. The summed E-state index contributed by atoms with van der Waals surface area (Å²) in [6.07, 6.45) is 5.41. The van der Waals surface area contributed by atoms with Crippen LogP contribution in [-0.2, 0) is 12.0 Å². The van der Waals surface area contributed by atoms with E-state index in [0.29, 0.717) is 28.8 Å². The minimum absolute atomic E-state index is 0.224. The van der Waals surface area contributed by atoms with Crippen LogP contribution < -0.4 is 10.1 Å². The summed E-state index contributed by atoms with van der Waals surface area (Å²) < 4.78 is 5.95. The van der Waals surface area contributed by atoms with E-state index < -0.39 is 11.6 Å². The van der Waals surface area contributed by atoms with E-state index in [1.165, 1.54) is 11.3 Å². The van der Waals surface area contributed by atoms with Gasteiger partial charge in [0, 0.05) is 18.5 Å². The number of carboxylic acid groups (broad SMARTS) is 1. The van der Waals surface area contributed by atoms with Crippen molar-refractivity contribution in [2.75, 3.05) is 5.32 Å². The topological polar surface area (TPSA) is 117 Å². The molecule has 196 valence electrons. The van der Waals surface area contributed by atoms with Gasteiger partial charge in [-0.05, 0) is 94.0 Å². The summed E-state index contributed by atoms with van der Waals surface area (Å²) in [4.78, 5) is 26.0. The lowest BCUT2D eigenvalue weighted by atomic mass is 9.79. The third-order valence-electron chi connectivity index (χ3n) is 6.28. The highest BCUT2D eigenvalue weighted by Crippen LogP contribution is 2.43. The maximum Gasteiger partial charge on any atom is 0.335 e. The minimum Gasteiger partial charge on any atom is -0.488 e. The van der Waals surface area contributed by atoms with Crippen LogP contribution in [-0.4, -0.2) is 36.7 Å². The lowest BCUT2D eigenvalue weighted by Crippen LogP contribution is -2.32. The summed E-state index contributed by atoms with van der Waals surface area (Å²) in [5, 5.41) is 24.9. The average Bonchev–Trinajstić information content (AvgIpc) is 3.34. The maximum absolute atomic E-state index is 11.7. The van der Waals surface area contributed by atoms with Crippen LogP contribution in [0.3, 0.4) is 0 Å². The highest BCUT2D eigenvalue weighted by molar-refractivity contribution is 7.15. The molecule has 0 saturated carbocycles. The van der Waals surface area contributed by atoms with Gasteiger partial charge in [-0.3, -0.25) is 0 Å². The van der Waals surface area contributed by atoms with Crippen molar-refractivity contribution in [2.24, 2.45) is 0 Å². The number of thiazole rings is 1. The first-order valence-electron chi connectivity index (χ1n) is 12.5. The Hall–Kier alpha value is -3.82. The number of aromatic carboxylic acids is 1. The number of rotatable bonds is 6. The molecule has 8 nitrogen and oxygen atoms in total. The van der Waals surface area contributed by atoms with Crippen molar-refractivity contribution >= 4 is 28.9 Å². The Morgan fingerprint density at radius 1 is 1.11 bits per heavy atom. The molecule has 1 unspecified atom stereocenters. The summed E-state index contributed by atoms with van der Waals surface area (Å²) in [6, 6.07) is 12.5. The summed E-state index contributed by atoms with van der Waals surface area (Å²) >= 11 is 1.39. The predicted octanol–water partition coefficient (Wildman–Crippen LogP) is 6.10. The summed E-state index contributed by atoms with van der Waals surface area (Å²) in [5.41, 5.74) is 1.95. The van der Waals surface area contributed by atoms with E-state index in [1.54, 1.807) is 30.6 Å². The van der Waals surface area contributed by atoms with Crippen LogP contribution in [0, 0.1) is 6.92 Å². The monoisotopic (exact) mass is 530 g/mol. The molecule has 1 aliphatic carbocycles. The molecule has 0 amide bonds. The van der Waals surface area contributed by atoms with Crippen molar-refractivity contribution in [1.82, 2.24) is 15.0 Å². The molecular formula is C29H30N4O4S. The number of aliphatic hydroxyl groups is 1. The van der Waals surface area contributed by atoms with Gasteiger partial charge in [0.1, 0.15) is 33.6 Å². The molecule has 3 heterocycles. The fourth-order valence-corrected chi connectivity index (χ4v) is 5.71. The van der Waals surface area contributed by atoms with Gasteiger partial charge >= 0.3 is 5.97 Å². The second kappa shape index (κ2) is 9.81.